The maximum Gasteiger partial charge on any atom is 0.414 e. The van der Waals surface area contributed by atoms with E-state index in [1.165, 1.54) is 0 Å². The average Bonchev–Trinajstić information content (AvgIpc) is 2.79. The van der Waals surface area contributed by atoms with E-state index in [-0.39, 0.29) is 29.9 Å². The molecule has 0 radical (unpaired) electrons. The molecule has 1 unspecified atom stereocenters. The fourth-order valence-corrected chi connectivity index (χ4v) is 4.48. The minimum absolute atomic E-state index is 0.0254. The number of benzene rings is 1. The molecule has 1 aromatic carbocycles. The first-order chi connectivity index (χ1) is 11.0. The van der Waals surface area contributed by atoms with Crippen molar-refractivity contribution in [2.75, 3.05) is 47.5 Å². The first-order valence-corrected chi connectivity index (χ1v) is 8.58. The number of hydrogen-bond donors (Lipinski definition) is 1. The molecule has 23 heavy (non-hydrogen) atoms. The average molecular weight is 342 g/mol. The number of aliphatic hydroxyl groups is 1. The topological polar surface area (TPSA) is 53.0 Å². The number of halogens is 2. The molecule has 1 atom stereocenters. The predicted octanol–water partition coefficient (Wildman–Crippen LogP) is 1.84. The maximum absolute atomic E-state index is 14.4. The van der Waals surface area contributed by atoms with Crippen molar-refractivity contribution < 1.29 is 23.4 Å². The number of nitrogens with zero attached hydrogens (tertiary/aromatic N) is 2. The van der Waals surface area contributed by atoms with Gasteiger partial charge in [0.1, 0.15) is 11.8 Å². The molecule has 3 fully saturated rings. The molecule has 124 valence electrons. The zero-order chi connectivity index (χ0) is 16.2. The molecule has 1 amide bonds. The molecule has 3 aliphatic rings. The molecule has 5 nitrogen and oxygen atoms in total. The Balaban J connectivity index is 1.56. The lowest BCUT2D eigenvalue weighted by molar-refractivity contribution is 0.0963. The van der Waals surface area contributed by atoms with Gasteiger partial charge in [0.25, 0.3) is 0 Å². The van der Waals surface area contributed by atoms with Crippen LogP contribution in [0, 0.1) is 17.0 Å². The van der Waals surface area contributed by atoms with Gasteiger partial charge in [-0.25, -0.2) is 13.6 Å². The molecule has 1 spiro atoms. The molecule has 3 aliphatic heterocycles. The fourth-order valence-electron chi connectivity index (χ4n) is 3.33. The van der Waals surface area contributed by atoms with Crippen LogP contribution in [0.1, 0.15) is 0 Å². The minimum atomic E-state index is -0.704. The van der Waals surface area contributed by atoms with Gasteiger partial charge in [0, 0.05) is 42.1 Å². The highest BCUT2D eigenvalue weighted by atomic mass is 32.2. The molecule has 8 heteroatoms. The van der Waals surface area contributed by atoms with E-state index in [9.17, 15) is 13.6 Å². The zero-order valence-electron chi connectivity index (χ0n) is 12.3. The van der Waals surface area contributed by atoms with Crippen LogP contribution in [0.15, 0.2) is 12.1 Å². The summed E-state index contributed by atoms with van der Waals surface area (Å²) in [5.41, 5.74) is 0.316. The van der Waals surface area contributed by atoms with Crippen molar-refractivity contribution in [1.82, 2.24) is 0 Å². The van der Waals surface area contributed by atoms with Crippen LogP contribution in [0.2, 0.25) is 0 Å². The zero-order valence-corrected chi connectivity index (χ0v) is 13.1. The van der Waals surface area contributed by atoms with Gasteiger partial charge >= 0.3 is 6.09 Å². The highest BCUT2D eigenvalue weighted by Crippen LogP contribution is 2.48. The third-order valence-corrected chi connectivity index (χ3v) is 6.21. The normalized spacial score (nSPS) is 25.3. The van der Waals surface area contributed by atoms with E-state index in [1.807, 2.05) is 11.8 Å². The van der Waals surface area contributed by atoms with Gasteiger partial charge in [-0.2, -0.15) is 11.8 Å². The van der Waals surface area contributed by atoms with Crippen molar-refractivity contribution in [2.45, 2.75) is 6.10 Å². The Labute approximate surface area is 136 Å². The van der Waals surface area contributed by atoms with Crippen LogP contribution in [-0.4, -0.2) is 55.1 Å². The van der Waals surface area contributed by atoms with Crippen molar-refractivity contribution in [1.29, 1.82) is 0 Å². The number of carbonyl (C=O) groups excluding carboxylic acids is 1. The SMILES string of the molecule is O=C1OC(CO)CN1c1cc(F)c(N2CC3(CSC3)C2)c(F)c1. The second-order valence-corrected chi connectivity index (χ2v) is 7.39. The number of thioether (sulfide) groups is 1. The lowest BCUT2D eigenvalue weighted by Crippen LogP contribution is -2.63. The van der Waals surface area contributed by atoms with Crippen molar-refractivity contribution in [3.63, 3.8) is 0 Å². The molecule has 4 rings (SSSR count). The fraction of sp³-hybridized carbons (Fsp3) is 0.533. The monoisotopic (exact) mass is 342 g/mol. The van der Waals surface area contributed by atoms with Crippen molar-refractivity contribution >= 4 is 29.2 Å². The predicted molar refractivity (Wildman–Crippen MR) is 83.0 cm³/mol. The summed E-state index contributed by atoms with van der Waals surface area (Å²) in [7, 11) is 0. The summed E-state index contributed by atoms with van der Waals surface area (Å²) in [6, 6.07) is 2.31. The van der Waals surface area contributed by atoms with Crippen LogP contribution in [-0.2, 0) is 4.74 Å². The van der Waals surface area contributed by atoms with Crippen LogP contribution in [0.4, 0.5) is 25.0 Å². The third-order valence-electron chi connectivity index (χ3n) is 4.58. The van der Waals surface area contributed by atoms with Crippen LogP contribution >= 0.6 is 11.8 Å². The highest BCUT2D eigenvalue weighted by molar-refractivity contribution is 8.00. The Hall–Kier alpha value is -1.54. The van der Waals surface area contributed by atoms with Gasteiger partial charge in [-0.15, -0.1) is 0 Å². The molecule has 3 heterocycles. The Morgan fingerprint density at radius 3 is 2.43 bits per heavy atom. The van der Waals surface area contributed by atoms with Gasteiger partial charge in [-0.1, -0.05) is 0 Å². The number of amides is 1. The summed E-state index contributed by atoms with van der Waals surface area (Å²) in [6.07, 6.45) is -1.37. The number of anilines is 2. The Kier molecular flexibility index (Phi) is 3.42. The van der Waals surface area contributed by atoms with Gasteiger partial charge < -0.3 is 14.7 Å². The summed E-state index contributed by atoms with van der Waals surface area (Å²) in [5.74, 6) is 0.740. The van der Waals surface area contributed by atoms with Gasteiger partial charge in [0.05, 0.1) is 18.8 Å². The van der Waals surface area contributed by atoms with Crippen LogP contribution in [0.5, 0.6) is 0 Å². The molecular weight excluding hydrogens is 326 g/mol. The van der Waals surface area contributed by atoms with E-state index < -0.39 is 23.8 Å². The number of ether oxygens (including phenoxy) is 1. The minimum Gasteiger partial charge on any atom is -0.441 e. The molecule has 0 aliphatic carbocycles. The molecule has 3 saturated heterocycles. The quantitative estimate of drug-likeness (QED) is 0.908. The van der Waals surface area contributed by atoms with Crippen molar-refractivity contribution in [3.05, 3.63) is 23.8 Å². The van der Waals surface area contributed by atoms with Crippen molar-refractivity contribution in [3.8, 4) is 0 Å². The van der Waals surface area contributed by atoms with E-state index in [0.29, 0.717) is 13.1 Å². The Bertz CT molecular complexity index is 637. The third kappa shape index (κ3) is 2.35. The highest BCUT2D eigenvalue weighted by Gasteiger charge is 2.49. The van der Waals surface area contributed by atoms with E-state index in [0.717, 1.165) is 28.5 Å². The van der Waals surface area contributed by atoms with Crippen LogP contribution in [0.25, 0.3) is 0 Å². The number of cyclic esters (lactones) is 1. The van der Waals surface area contributed by atoms with Gasteiger partial charge in [-0.05, 0) is 0 Å². The second-order valence-electron chi connectivity index (χ2n) is 6.41. The number of carbonyl (C=O) groups is 1. The summed E-state index contributed by atoms with van der Waals surface area (Å²) in [4.78, 5) is 14.6. The van der Waals surface area contributed by atoms with Gasteiger partial charge in [0.2, 0.25) is 0 Å². The smallest absolute Gasteiger partial charge is 0.414 e. The lowest BCUT2D eigenvalue weighted by atomic mass is 9.82. The lowest BCUT2D eigenvalue weighted by Gasteiger charge is -2.56. The largest absolute Gasteiger partial charge is 0.441 e. The first-order valence-electron chi connectivity index (χ1n) is 7.42. The molecule has 0 bridgehead atoms. The van der Waals surface area contributed by atoms with E-state index in [1.54, 1.807) is 4.90 Å². The first kappa shape index (κ1) is 15.0. The van der Waals surface area contributed by atoms with E-state index >= 15 is 0 Å². The number of aliphatic hydroxyl groups excluding tert-OH is 1. The van der Waals surface area contributed by atoms with E-state index in [4.69, 9.17) is 9.84 Å². The standard InChI is InChI=1S/C15H16F2N2O3S/c16-11-1-9(19-3-10(4-20)22-14(19)21)2-12(17)13(11)18-5-15(6-18)7-23-8-15/h1-2,10,20H,3-8H2. The number of rotatable bonds is 3. The molecule has 1 aromatic rings. The molecule has 0 saturated carbocycles. The van der Waals surface area contributed by atoms with E-state index in [2.05, 4.69) is 0 Å². The summed E-state index contributed by atoms with van der Waals surface area (Å²) in [6.45, 7) is 1.10. The van der Waals surface area contributed by atoms with Crippen LogP contribution in [0.3, 0.4) is 0 Å². The molecule has 1 N–H and O–H groups in total. The second kappa shape index (κ2) is 5.24. The molecule has 0 aromatic heterocycles. The van der Waals surface area contributed by atoms with Crippen molar-refractivity contribution in [2.24, 2.45) is 5.41 Å². The summed E-state index contributed by atoms with van der Waals surface area (Å²) in [5, 5.41) is 9.03. The summed E-state index contributed by atoms with van der Waals surface area (Å²) >= 11 is 1.85. The Morgan fingerprint density at radius 2 is 1.96 bits per heavy atom. The molecular formula is C15H16F2N2O3S. The number of hydrogen-bond acceptors (Lipinski definition) is 5. The maximum atomic E-state index is 14.4. The summed E-state index contributed by atoms with van der Waals surface area (Å²) < 4.78 is 33.7. The van der Waals surface area contributed by atoms with Gasteiger partial charge in [-0.3, -0.25) is 4.90 Å². The van der Waals surface area contributed by atoms with Gasteiger partial charge in [0.15, 0.2) is 11.6 Å². The van der Waals surface area contributed by atoms with Crippen LogP contribution < -0.4 is 9.80 Å². The Morgan fingerprint density at radius 1 is 1.30 bits per heavy atom.